The van der Waals surface area contributed by atoms with Crippen molar-refractivity contribution in [1.29, 1.82) is 0 Å². The highest BCUT2D eigenvalue weighted by atomic mass is 16.4. The average molecular weight is 116 g/mol. The van der Waals surface area contributed by atoms with Gasteiger partial charge < -0.3 is 20.4 Å². The van der Waals surface area contributed by atoms with Gasteiger partial charge in [-0.3, -0.25) is 0 Å². The quantitative estimate of drug-likeness (QED) is 0.418. The molecular weight excluding hydrogens is 110 g/mol. The summed E-state index contributed by atoms with van der Waals surface area (Å²) in [6, 6.07) is -0.917. The van der Waals surface area contributed by atoms with Crippen molar-refractivity contribution < 1.29 is 14.7 Å². The van der Waals surface area contributed by atoms with Crippen LogP contribution in [0.5, 0.6) is 0 Å². The van der Waals surface area contributed by atoms with E-state index in [0.29, 0.717) is 6.29 Å². The van der Waals surface area contributed by atoms with Crippen LogP contribution in [0.3, 0.4) is 0 Å². The number of hydrogen-bond donors (Lipinski definition) is 1. The molecule has 46 valence electrons. The van der Waals surface area contributed by atoms with Gasteiger partial charge in [0.1, 0.15) is 6.29 Å². The van der Waals surface area contributed by atoms with Crippen molar-refractivity contribution in [3.8, 4) is 0 Å². The molecule has 0 fully saturated rings. The molecule has 0 saturated heterocycles. The van der Waals surface area contributed by atoms with Gasteiger partial charge >= 0.3 is 0 Å². The maximum Gasteiger partial charge on any atom is 0.137 e. The summed E-state index contributed by atoms with van der Waals surface area (Å²) in [6.07, 6.45) is -0.0285. The standard InChI is InChI=1S/C4H7NO3/c5-3(2-6)1-4(7)8/h2-3H,1,5H2,(H,7,8)/p-1. The summed E-state index contributed by atoms with van der Waals surface area (Å²) < 4.78 is 0. The molecule has 0 heterocycles. The summed E-state index contributed by atoms with van der Waals surface area (Å²) in [5.41, 5.74) is 4.88. The van der Waals surface area contributed by atoms with Crippen LogP contribution in [0.1, 0.15) is 6.42 Å². The van der Waals surface area contributed by atoms with E-state index in [1.807, 2.05) is 0 Å². The Labute approximate surface area is 46.3 Å². The van der Waals surface area contributed by atoms with Gasteiger partial charge in [-0.25, -0.2) is 0 Å². The SMILES string of the molecule is NC(C=O)CC(=O)[O-]. The zero-order valence-electron chi connectivity index (χ0n) is 4.16. The first-order chi connectivity index (χ1) is 3.66. The van der Waals surface area contributed by atoms with Crippen molar-refractivity contribution in [3.05, 3.63) is 0 Å². The molecule has 0 radical (unpaired) electrons. The van der Waals surface area contributed by atoms with Crippen molar-refractivity contribution in [2.45, 2.75) is 12.5 Å². The van der Waals surface area contributed by atoms with Crippen LogP contribution in [0.15, 0.2) is 0 Å². The molecule has 0 spiro atoms. The minimum atomic E-state index is -1.30. The first-order valence-electron chi connectivity index (χ1n) is 2.07. The number of hydrogen-bond acceptors (Lipinski definition) is 4. The summed E-state index contributed by atoms with van der Waals surface area (Å²) in [7, 11) is 0. The zero-order chi connectivity index (χ0) is 6.57. The summed E-state index contributed by atoms with van der Waals surface area (Å²) in [4.78, 5) is 19.2. The van der Waals surface area contributed by atoms with Crippen LogP contribution < -0.4 is 10.8 Å². The lowest BCUT2D eigenvalue weighted by Gasteiger charge is -2.01. The lowest BCUT2D eigenvalue weighted by molar-refractivity contribution is -0.305. The zero-order valence-corrected chi connectivity index (χ0v) is 4.16. The minimum Gasteiger partial charge on any atom is -0.550 e. The predicted molar refractivity (Wildman–Crippen MR) is 23.7 cm³/mol. The summed E-state index contributed by atoms with van der Waals surface area (Å²) in [5, 5.41) is 9.62. The molecule has 0 aromatic rings. The van der Waals surface area contributed by atoms with Gasteiger partial charge in [-0.2, -0.15) is 0 Å². The normalized spacial score (nSPS) is 12.6. The van der Waals surface area contributed by atoms with E-state index < -0.39 is 18.4 Å². The van der Waals surface area contributed by atoms with Gasteiger partial charge in [0.25, 0.3) is 0 Å². The van der Waals surface area contributed by atoms with E-state index in [1.165, 1.54) is 0 Å². The molecule has 1 unspecified atom stereocenters. The second-order valence-electron chi connectivity index (χ2n) is 1.38. The van der Waals surface area contributed by atoms with E-state index in [9.17, 15) is 14.7 Å². The molecule has 0 aromatic carbocycles. The molecule has 4 nitrogen and oxygen atoms in total. The fraction of sp³-hybridized carbons (Fsp3) is 0.500. The molecule has 0 amide bonds. The van der Waals surface area contributed by atoms with E-state index >= 15 is 0 Å². The molecule has 0 rings (SSSR count). The number of aliphatic carboxylic acids is 1. The summed E-state index contributed by atoms with van der Waals surface area (Å²) >= 11 is 0. The second-order valence-corrected chi connectivity index (χ2v) is 1.38. The minimum absolute atomic E-state index is 0.371. The van der Waals surface area contributed by atoms with Gasteiger partial charge in [-0.15, -0.1) is 0 Å². The molecule has 1 atom stereocenters. The van der Waals surface area contributed by atoms with Crippen LogP contribution in [-0.4, -0.2) is 18.3 Å². The Morgan fingerprint density at radius 1 is 1.88 bits per heavy atom. The van der Waals surface area contributed by atoms with Crippen LogP contribution in [-0.2, 0) is 9.59 Å². The van der Waals surface area contributed by atoms with E-state index in [2.05, 4.69) is 0 Å². The first-order valence-corrected chi connectivity index (χ1v) is 2.07. The largest absolute Gasteiger partial charge is 0.550 e. The van der Waals surface area contributed by atoms with Crippen molar-refractivity contribution >= 4 is 12.3 Å². The van der Waals surface area contributed by atoms with Gasteiger partial charge in [0.05, 0.1) is 6.04 Å². The maximum absolute atomic E-state index is 9.62. The maximum atomic E-state index is 9.62. The Morgan fingerprint density at radius 2 is 2.38 bits per heavy atom. The first kappa shape index (κ1) is 7.10. The van der Waals surface area contributed by atoms with E-state index in [4.69, 9.17) is 5.73 Å². The molecule has 0 aliphatic rings. The third kappa shape index (κ3) is 3.30. The fourth-order valence-electron chi connectivity index (χ4n) is 0.241. The molecule has 2 N–H and O–H groups in total. The van der Waals surface area contributed by atoms with Gasteiger partial charge in [-0.1, -0.05) is 0 Å². The molecule has 0 aromatic heterocycles. The van der Waals surface area contributed by atoms with Crippen LogP contribution in [0.25, 0.3) is 0 Å². The molecular formula is C4H6NO3-. The smallest absolute Gasteiger partial charge is 0.137 e. The number of carboxylic acid groups (broad SMARTS) is 1. The van der Waals surface area contributed by atoms with Crippen LogP contribution in [0, 0.1) is 0 Å². The van der Waals surface area contributed by atoms with Crippen molar-refractivity contribution in [2.75, 3.05) is 0 Å². The lowest BCUT2D eigenvalue weighted by Crippen LogP contribution is -2.32. The molecule has 0 bridgehead atoms. The van der Waals surface area contributed by atoms with Crippen LogP contribution in [0.4, 0.5) is 0 Å². The number of carbonyl (C=O) groups is 2. The Balaban J connectivity index is 3.38. The summed E-state index contributed by atoms with van der Waals surface area (Å²) in [6.45, 7) is 0. The van der Waals surface area contributed by atoms with E-state index in [1.54, 1.807) is 0 Å². The highest BCUT2D eigenvalue weighted by molar-refractivity contribution is 5.71. The van der Waals surface area contributed by atoms with Crippen molar-refractivity contribution in [3.63, 3.8) is 0 Å². The number of carboxylic acids is 1. The highest BCUT2D eigenvalue weighted by Crippen LogP contribution is 1.77. The fourth-order valence-corrected chi connectivity index (χ4v) is 0.241. The molecule has 0 saturated carbocycles. The van der Waals surface area contributed by atoms with E-state index in [0.717, 1.165) is 0 Å². The predicted octanol–water partition coefficient (Wildman–Crippen LogP) is -2.35. The average Bonchev–Trinajstić information content (AvgIpc) is 1.65. The van der Waals surface area contributed by atoms with Gasteiger partial charge in [-0.05, 0) is 0 Å². The Hall–Kier alpha value is -0.900. The van der Waals surface area contributed by atoms with Gasteiger partial charge in [0, 0.05) is 12.4 Å². The summed E-state index contributed by atoms with van der Waals surface area (Å²) in [5.74, 6) is -1.30. The molecule has 8 heavy (non-hydrogen) atoms. The Morgan fingerprint density at radius 3 is 2.50 bits per heavy atom. The third-order valence-electron chi connectivity index (χ3n) is 0.577. The van der Waals surface area contributed by atoms with Crippen LogP contribution in [0.2, 0.25) is 0 Å². The van der Waals surface area contributed by atoms with Crippen molar-refractivity contribution in [2.24, 2.45) is 5.73 Å². The van der Waals surface area contributed by atoms with Gasteiger partial charge in [0.15, 0.2) is 0 Å². The topological polar surface area (TPSA) is 83.2 Å². The second kappa shape index (κ2) is 3.15. The van der Waals surface area contributed by atoms with Gasteiger partial charge in [0.2, 0.25) is 0 Å². The molecule has 0 aliphatic carbocycles. The van der Waals surface area contributed by atoms with Crippen molar-refractivity contribution in [1.82, 2.24) is 0 Å². The number of rotatable bonds is 3. The molecule has 4 heteroatoms. The number of aldehydes is 1. The Bertz CT molecular complexity index is 101. The monoisotopic (exact) mass is 116 g/mol. The Kier molecular flexibility index (Phi) is 2.79. The third-order valence-corrected chi connectivity index (χ3v) is 0.577. The van der Waals surface area contributed by atoms with Crippen LogP contribution >= 0.6 is 0 Å². The highest BCUT2D eigenvalue weighted by Gasteiger charge is 1.97. The molecule has 0 aliphatic heterocycles. The number of carbonyl (C=O) groups excluding carboxylic acids is 2. The number of nitrogens with two attached hydrogens (primary N) is 1. The lowest BCUT2D eigenvalue weighted by atomic mass is 10.2. The van der Waals surface area contributed by atoms with E-state index in [-0.39, 0.29) is 0 Å².